The van der Waals surface area contributed by atoms with Gasteiger partial charge in [0.1, 0.15) is 0 Å². The van der Waals surface area contributed by atoms with Gasteiger partial charge in [-0.1, -0.05) is 0 Å². The summed E-state index contributed by atoms with van der Waals surface area (Å²) in [5, 5.41) is 15.6. The van der Waals surface area contributed by atoms with Crippen LogP contribution in [-0.2, 0) is 4.74 Å². The fraction of sp³-hybridized carbons (Fsp3) is 0.750. The summed E-state index contributed by atoms with van der Waals surface area (Å²) in [5.74, 6) is 1.65. The number of aliphatic hydroxyl groups excluding tert-OH is 1. The molecule has 1 atom stereocenters. The summed E-state index contributed by atoms with van der Waals surface area (Å²) < 4.78 is 4.88. The van der Waals surface area contributed by atoms with E-state index in [1.165, 1.54) is 0 Å². The molecule has 0 radical (unpaired) electrons. The first-order valence-corrected chi connectivity index (χ1v) is 6.82. The topological polar surface area (TPSA) is 95.4 Å². The highest BCUT2D eigenvalue weighted by molar-refractivity contribution is 5.44. The van der Waals surface area contributed by atoms with Gasteiger partial charge in [-0.15, -0.1) is 0 Å². The quantitative estimate of drug-likeness (QED) is 0.640. The number of hydrogen-bond acceptors (Lipinski definition) is 8. The average Bonchev–Trinajstić information content (AvgIpc) is 2.99. The van der Waals surface area contributed by atoms with Crippen molar-refractivity contribution in [3.63, 3.8) is 0 Å². The number of hydrogen-bond donors (Lipinski definition) is 3. The number of nitrogens with one attached hydrogen (secondary N) is 2. The van der Waals surface area contributed by atoms with Crippen molar-refractivity contribution in [3.05, 3.63) is 0 Å². The second-order valence-corrected chi connectivity index (χ2v) is 4.72. The van der Waals surface area contributed by atoms with Crippen molar-refractivity contribution in [2.24, 2.45) is 0 Å². The molecular formula is C12H22N6O2. The van der Waals surface area contributed by atoms with Crippen LogP contribution in [0, 0.1) is 0 Å². The molecule has 0 saturated carbocycles. The van der Waals surface area contributed by atoms with Gasteiger partial charge >= 0.3 is 0 Å². The van der Waals surface area contributed by atoms with Gasteiger partial charge in [0, 0.05) is 33.8 Å². The number of ether oxygens (including phenoxy) is 1. The van der Waals surface area contributed by atoms with Crippen molar-refractivity contribution in [3.8, 4) is 0 Å². The first-order chi connectivity index (χ1) is 9.72. The third-order valence-electron chi connectivity index (χ3n) is 3.09. The Morgan fingerprint density at radius 3 is 2.60 bits per heavy atom. The van der Waals surface area contributed by atoms with Crippen LogP contribution in [-0.4, -0.2) is 66.6 Å². The molecule has 112 valence electrons. The zero-order chi connectivity index (χ0) is 14.4. The van der Waals surface area contributed by atoms with Crippen LogP contribution >= 0.6 is 0 Å². The lowest BCUT2D eigenvalue weighted by molar-refractivity contribution is 0.0726. The third kappa shape index (κ3) is 3.91. The van der Waals surface area contributed by atoms with E-state index in [9.17, 15) is 5.11 Å². The molecule has 1 unspecified atom stereocenters. The number of rotatable bonds is 7. The summed E-state index contributed by atoms with van der Waals surface area (Å²) in [5.41, 5.74) is 0. The van der Waals surface area contributed by atoms with Crippen molar-refractivity contribution in [2.45, 2.75) is 18.9 Å². The molecule has 8 nitrogen and oxygen atoms in total. The maximum atomic E-state index is 9.63. The molecule has 1 aromatic heterocycles. The largest absolute Gasteiger partial charge is 0.389 e. The van der Waals surface area contributed by atoms with Gasteiger partial charge in [-0.3, -0.25) is 0 Å². The summed E-state index contributed by atoms with van der Waals surface area (Å²) >= 11 is 0. The monoisotopic (exact) mass is 282 g/mol. The van der Waals surface area contributed by atoms with E-state index in [-0.39, 0.29) is 6.61 Å². The zero-order valence-electron chi connectivity index (χ0n) is 12.0. The van der Waals surface area contributed by atoms with Crippen LogP contribution in [0.15, 0.2) is 0 Å². The van der Waals surface area contributed by atoms with Crippen LogP contribution in [0.4, 0.5) is 17.8 Å². The highest BCUT2D eigenvalue weighted by Crippen LogP contribution is 2.18. The van der Waals surface area contributed by atoms with E-state index < -0.39 is 6.10 Å². The van der Waals surface area contributed by atoms with Crippen LogP contribution in [0.2, 0.25) is 0 Å². The minimum atomic E-state index is -0.593. The van der Waals surface area contributed by atoms with Gasteiger partial charge < -0.3 is 25.4 Å². The van der Waals surface area contributed by atoms with Crippen LogP contribution in [0.3, 0.4) is 0 Å². The van der Waals surface area contributed by atoms with Crippen LogP contribution in [0.1, 0.15) is 12.8 Å². The van der Waals surface area contributed by atoms with Crippen LogP contribution in [0.5, 0.6) is 0 Å². The van der Waals surface area contributed by atoms with Crippen molar-refractivity contribution in [1.29, 1.82) is 0 Å². The van der Waals surface area contributed by atoms with E-state index in [2.05, 4.69) is 30.5 Å². The van der Waals surface area contributed by atoms with Crippen molar-refractivity contribution < 1.29 is 9.84 Å². The maximum Gasteiger partial charge on any atom is 0.231 e. The number of nitrogens with zero attached hydrogens (tertiary/aromatic N) is 4. The Labute approximate surface area is 118 Å². The lowest BCUT2D eigenvalue weighted by Gasteiger charge is -2.17. The Hall–Kier alpha value is -1.67. The molecule has 0 bridgehead atoms. The normalized spacial score (nSPS) is 16.2. The fourth-order valence-electron chi connectivity index (χ4n) is 2.07. The number of methoxy groups -OCH3 is 1. The summed E-state index contributed by atoms with van der Waals surface area (Å²) in [4.78, 5) is 15.1. The van der Waals surface area contributed by atoms with Gasteiger partial charge in [0.2, 0.25) is 17.8 Å². The standard InChI is InChI=1S/C12H22N6O2/c1-13-10-15-11(14-7-9(19)8-20-2)17-12(16-10)18-5-3-4-6-18/h9,19H,3-8H2,1-2H3,(H2,13,14,15,16,17). The minimum absolute atomic E-state index is 0.274. The Morgan fingerprint density at radius 1 is 1.25 bits per heavy atom. The van der Waals surface area contributed by atoms with Crippen molar-refractivity contribution >= 4 is 17.8 Å². The molecule has 0 aliphatic carbocycles. The number of anilines is 3. The Kier molecular flexibility index (Phi) is 5.31. The molecule has 1 aliphatic heterocycles. The first kappa shape index (κ1) is 14.7. The van der Waals surface area contributed by atoms with Gasteiger partial charge in [-0.2, -0.15) is 15.0 Å². The van der Waals surface area contributed by atoms with Crippen LogP contribution in [0.25, 0.3) is 0 Å². The van der Waals surface area contributed by atoms with Gasteiger partial charge in [-0.05, 0) is 12.8 Å². The van der Waals surface area contributed by atoms with E-state index >= 15 is 0 Å². The van der Waals surface area contributed by atoms with E-state index in [4.69, 9.17) is 4.74 Å². The molecule has 2 rings (SSSR count). The summed E-state index contributed by atoms with van der Waals surface area (Å²) in [6, 6.07) is 0. The molecule has 0 amide bonds. The molecule has 1 aliphatic rings. The molecular weight excluding hydrogens is 260 g/mol. The lowest BCUT2D eigenvalue weighted by Crippen LogP contribution is -2.26. The summed E-state index contributed by atoms with van der Waals surface area (Å²) in [7, 11) is 3.32. The zero-order valence-corrected chi connectivity index (χ0v) is 12.0. The summed E-state index contributed by atoms with van der Waals surface area (Å²) in [6.07, 6.45) is 1.73. The second kappa shape index (κ2) is 7.20. The first-order valence-electron chi connectivity index (χ1n) is 6.82. The summed E-state index contributed by atoms with van der Waals surface area (Å²) in [6.45, 7) is 2.55. The van der Waals surface area contributed by atoms with Crippen molar-refractivity contribution in [2.75, 3.05) is 55.9 Å². The van der Waals surface area contributed by atoms with Crippen LogP contribution < -0.4 is 15.5 Å². The second-order valence-electron chi connectivity index (χ2n) is 4.72. The molecule has 8 heteroatoms. The van der Waals surface area contributed by atoms with Gasteiger partial charge in [-0.25, -0.2) is 0 Å². The maximum absolute atomic E-state index is 9.63. The highest BCUT2D eigenvalue weighted by atomic mass is 16.5. The predicted octanol–water partition coefficient (Wildman–Crippen LogP) is -0.0673. The Balaban J connectivity index is 2.05. The fourth-order valence-corrected chi connectivity index (χ4v) is 2.07. The molecule has 20 heavy (non-hydrogen) atoms. The van der Waals surface area contributed by atoms with E-state index in [0.717, 1.165) is 25.9 Å². The Bertz CT molecular complexity index is 424. The number of aliphatic hydroxyl groups is 1. The minimum Gasteiger partial charge on any atom is -0.389 e. The number of aromatic nitrogens is 3. The van der Waals surface area contributed by atoms with E-state index in [1.807, 2.05) is 0 Å². The van der Waals surface area contributed by atoms with Crippen molar-refractivity contribution in [1.82, 2.24) is 15.0 Å². The third-order valence-corrected chi connectivity index (χ3v) is 3.09. The lowest BCUT2D eigenvalue weighted by atomic mass is 10.4. The smallest absolute Gasteiger partial charge is 0.231 e. The molecule has 0 spiro atoms. The van der Waals surface area contributed by atoms with E-state index in [0.29, 0.717) is 24.4 Å². The van der Waals surface area contributed by atoms with Gasteiger partial charge in [0.25, 0.3) is 0 Å². The Morgan fingerprint density at radius 2 is 1.95 bits per heavy atom. The molecule has 1 aromatic rings. The molecule has 3 N–H and O–H groups in total. The molecule has 2 heterocycles. The average molecular weight is 282 g/mol. The van der Waals surface area contributed by atoms with E-state index in [1.54, 1.807) is 14.2 Å². The van der Waals surface area contributed by atoms with Gasteiger partial charge in [0.15, 0.2) is 0 Å². The highest BCUT2D eigenvalue weighted by Gasteiger charge is 2.17. The predicted molar refractivity (Wildman–Crippen MR) is 77.2 cm³/mol. The molecule has 0 aromatic carbocycles. The molecule has 1 saturated heterocycles. The SMILES string of the molecule is CNc1nc(NCC(O)COC)nc(N2CCCC2)n1. The molecule has 1 fully saturated rings. The van der Waals surface area contributed by atoms with Gasteiger partial charge in [0.05, 0.1) is 12.7 Å².